The van der Waals surface area contributed by atoms with Crippen molar-refractivity contribution in [1.29, 1.82) is 0 Å². The number of benzene rings is 1. The summed E-state index contributed by atoms with van der Waals surface area (Å²) in [6, 6.07) is 8.26. The average Bonchev–Trinajstić information content (AvgIpc) is 2.28. The molecule has 0 saturated carbocycles. The van der Waals surface area contributed by atoms with Crippen LogP contribution in [0.25, 0.3) is 0 Å². The molecule has 0 saturated heterocycles. The highest BCUT2D eigenvalue weighted by Gasteiger charge is 1.98. The predicted molar refractivity (Wildman–Crippen MR) is 61.4 cm³/mol. The molecule has 1 aromatic carbocycles. The van der Waals surface area contributed by atoms with Crippen molar-refractivity contribution in [3.8, 4) is 0 Å². The summed E-state index contributed by atoms with van der Waals surface area (Å²) < 4.78 is 1.10. The topological polar surface area (TPSA) is 38.7 Å². The third-order valence-corrected chi connectivity index (χ3v) is 2.55. The average molecular weight is 264 g/mol. The number of hydrogen-bond acceptors (Lipinski definition) is 3. The van der Waals surface area contributed by atoms with Gasteiger partial charge in [-0.15, -0.1) is 5.10 Å². The molecule has 0 bridgehead atoms. The van der Waals surface area contributed by atoms with E-state index in [1.807, 2.05) is 12.1 Å². The Bertz CT molecular complexity index is 431. The quantitative estimate of drug-likeness (QED) is 0.854. The summed E-state index contributed by atoms with van der Waals surface area (Å²) in [6.45, 7) is 0. The van der Waals surface area contributed by atoms with Gasteiger partial charge >= 0.3 is 0 Å². The van der Waals surface area contributed by atoms with Gasteiger partial charge < -0.3 is 0 Å². The van der Waals surface area contributed by atoms with E-state index in [-0.39, 0.29) is 0 Å². The highest BCUT2D eigenvalue weighted by Crippen LogP contribution is 2.12. The molecule has 1 heterocycles. The Morgan fingerprint density at radius 2 is 2.07 bits per heavy atom. The summed E-state index contributed by atoms with van der Waals surface area (Å²) >= 11 is 3.44. The molecular formula is C11H10BrN3. The van der Waals surface area contributed by atoms with Gasteiger partial charge in [-0.2, -0.15) is 5.10 Å². The minimum Gasteiger partial charge on any atom is -0.238 e. The van der Waals surface area contributed by atoms with Gasteiger partial charge in [-0.1, -0.05) is 28.1 Å². The predicted octanol–water partition coefficient (Wildman–Crippen LogP) is 2.42. The van der Waals surface area contributed by atoms with Gasteiger partial charge in [0.05, 0.1) is 6.20 Å². The van der Waals surface area contributed by atoms with Gasteiger partial charge in [0, 0.05) is 17.1 Å². The first-order chi connectivity index (χ1) is 7.34. The van der Waals surface area contributed by atoms with E-state index in [1.54, 1.807) is 12.4 Å². The summed E-state index contributed by atoms with van der Waals surface area (Å²) in [6.07, 6.45) is 5.02. The Labute approximate surface area is 96.7 Å². The summed E-state index contributed by atoms with van der Waals surface area (Å²) in [5.41, 5.74) is 1.27. The maximum absolute atomic E-state index is 4.13. The van der Waals surface area contributed by atoms with Crippen molar-refractivity contribution in [2.24, 2.45) is 0 Å². The zero-order valence-corrected chi connectivity index (χ0v) is 9.68. The monoisotopic (exact) mass is 263 g/mol. The second kappa shape index (κ2) is 4.98. The molecule has 4 heteroatoms. The molecule has 2 aromatic rings. The third kappa shape index (κ3) is 3.09. The number of nitrogens with zero attached hydrogens (tertiary/aromatic N) is 3. The number of aromatic nitrogens is 3. The van der Waals surface area contributed by atoms with Crippen LogP contribution in [0.2, 0.25) is 0 Å². The Morgan fingerprint density at radius 3 is 2.80 bits per heavy atom. The fourth-order valence-corrected chi connectivity index (χ4v) is 1.78. The van der Waals surface area contributed by atoms with Crippen LogP contribution in [0.1, 0.15) is 11.4 Å². The fraction of sp³-hybridized carbons (Fsp3) is 0.182. The minimum absolute atomic E-state index is 0.789. The van der Waals surface area contributed by atoms with Crippen LogP contribution in [0.5, 0.6) is 0 Å². The molecule has 0 aliphatic rings. The van der Waals surface area contributed by atoms with E-state index < -0.39 is 0 Å². The highest BCUT2D eigenvalue weighted by molar-refractivity contribution is 9.10. The second-order valence-corrected chi connectivity index (χ2v) is 4.10. The number of halogens is 1. The number of rotatable bonds is 3. The van der Waals surface area contributed by atoms with Gasteiger partial charge in [0.15, 0.2) is 5.82 Å². The maximum Gasteiger partial charge on any atom is 0.151 e. The van der Waals surface area contributed by atoms with Gasteiger partial charge in [-0.3, -0.25) is 0 Å². The molecule has 1 aromatic heterocycles. The van der Waals surface area contributed by atoms with Crippen molar-refractivity contribution in [2.75, 3.05) is 0 Å². The SMILES string of the molecule is Brc1cccc(CCc2nccnn2)c1. The first-order valence-electron chi connectivity index (χ1n) is 4.71. The molecule has 0 aliphatic carbocycles. The molecule has 0 spiro atoms. The lowest BCUT2D eigenvalue weighted by Crippen LogP contribution is -1.98. The Hall–Kier alpha value is -1.29. The van der Waals surface area contributed by atoms with Crippen molar-refractivity contribution in [1.82, 2.24) is 15.2 Å². The summed E-state index contributed by atoms with van der Waals surface area (Å²) in [7, 11) is 0. The molecule has 15 heavy (non-hydrogen) atoms. The maximum atomic E-state index is 4.13. The Balaban J connectivity index is 1.99. The van der Waals surface area contributed by atoms with E-state index in [0.29, 0.717) is 0 Å². The fourth-order valence-electron chi connectivity index (χ4n) is 1.34. The lowest BCUT2D eigenvalue weighted by Gasteiger charge is -2.00. The smallest absolute Gasteiger partial charge is 0.151 e. The van der Waals surface area contributed by atoms with Crippen LogP contribution in [0.4, 0.5) is 0 Å². The molecule has 3 nitrogen and oxygen atoms in total. The number of hydrogen-bond donors (Lipinski definition) is 0. The minimum atomic E-state index is 0.789. The summed E-state index contributed by atoms with van der Waals surface area (Å²) in [5, 5.41) is 7.74. The summed E-state index contributed by atoms with van der Waals surface area (Å²) in [4.78, 5) is 4.13. The van der Waals surface area contributed by atoms with Crippen LogP contribution in [0, 0.1) is 0 Å². The number of aryl methyl sites for hydroxylation is 2. The van der Waals surface area contributed by atoms with Gasteiger partial charge in [-0.05, 0) is 24.1 Å². The van der Waals surface area contributed by atoms with Gasteiger partial charge in [-0.25, -0.2) is 4.98 Å². The lowest BCUT2D eigenvalue weighted by atomic mass is 10.1. The molecule has 0 radical (unpaired) electrons. The summed E-state index contributed by atoms with van der Waals surface area (Å²) in [5.74, 6) is 0.789. The van der Waals surface area contributed by atoms with E-state index >= 15 is 0 Å². The van der Waals surface area contributed by atoms with E-state index in [2.05, 4.69) is 43.2 Å². The standard InChI is InChI=1S/C11H10BrN3/c12-10-3-1-2-9(8-10)4-5-11-13-6-7-14-15-11/h1-3,6-8H,4-5H2. The first kappa shape index (κ1) is 10.2. The molecule has 0 aliphatic heterocycles. The van der Waals surface area contributed by atoms with Crippen molar-refractivity contribution in [2.45, 2.75) is 12.8 Å². The molecule has 76 valence electrons. The van der Waals surface area contributed by atoms with Crippen molar-refractivity contribution >= 4 is 15.9 Å². The van der Waals surface area contributed by atoms with Crippen LogP contribution < -0.4 is 0 Å². The van der Waals surface area contributed by atoms with E-state index in [4.69, 9.17) is 0 Å². The molecule has 0 unspecified atom stereocenters. The van der Waals surface area contributed by atoms with E-state index in [9.17, 15) is 0 Å². The Kier molecular flexibility index (Phi) is 3.40. The largest absolute Gasteiger partial charge is 0.238 e. The van der Waals surface area contributed by atoms with Crippen molar-refractivity contribution in [3.05, 3.63) is 52.5 Å². The lowest BCUT2D eigenvalue weighted by molar-refractivity contribution is 0.801. The molecule has 0 fully saturated rings. The third-order valence-electron chi connectivity index (χ3n) is 2.06. The van der Waals surface area contributed by atoms with Crippen LogP contribution in [0.3, 0.4) is 0 Å². The van der Waals surface area contributed by atoms with Crippen molar-refractivity contribution in [3.63, 3.8) is 0 Å². The van der Waals surface area contributed by atoms with Gasteiger partial charge in [0.1, 0.15) is 0 Å². The molecule has 0 amide bonds. The normalized spacial score (nSPS) is 10.2. The van der Waals surface area contributed by atoms with Crippen LogP contribution >= 0.6 is 15.9 Å². The van der Waals surface area contributed by atoms with Crippen LogP contribution in [0.15, 0.2) is 41.1 Å². The molecule has 0 N–H and O–H groups in total. The molecule has 0 atom stereocenters. The molecule has 2 rings (SSSR count). The van der Waals surface area contributed by atoms with Crippen LogP contribution in [-0.4, -0.2) is 15.2 Å². The molecular weight excluding hydrogens is 254 g/mol. The first-order valence-corrected chi connectivity index (χ1v) is 5.51. The van der Waals surface area contributed by atoms with Gasteiger partial charge in [0.2, 0.25) is 0 Å². The van der Waals surface area contributed by atoms with E-state index in [0.717, 1.165) is 23.1 Å². The van der Waals surface area contributed by atoms with E-state index in [1.165, 1.54) is 5.56 Å². The Morgan fingerprint density at radius 1 is 1.13 bits per heavy atom. The van der Waals surface area contributed by atoms with Crippen LogP contribution in [-0.2, 0) is 12.8 Å². The highest BCUT2D eigenvalue weighted by atomic mass is 79.9. The zero-order chi connectivity index (χ0) is 10.5. The van der Waals surface area contributed by atoms with Crippen molar-refractivity contribution < 1.29 is 0 Å². The van der Waals surface area contributed by atoms with Gasteiger partial charge in [0.25, 0.3) is 0 Å². The second-order valence-electron chi connectivity index (χ2n) is 3.19. The zero-order valence-electron chi connectivity index (χ0n) is 8.10.